The number of hydrogen-bond acceptors (Lipinski definition) is 1. The van der Waals surface area contributed by atoms with Gasteiger partial charge < -0.3 is 5.32 Å². The second kappa shape index (κ2) is 4.67. The van der Waals surface area contributed by atoms with Gasteiger partial charge in [-0.05, 0) is 50.4 Å². The zero-order valence-electron chi connectivity index (χ0n) is 9.22. The summed E-state index contributed by atoms with van der Waals surface area (Å²) in [5.41, 5.74) is 1.72. The van der Waals surface area contributed by atoms with E-state index in [0.717, 1.165) is 6.42 Å². The fraction of sp³-hybridized carbons (Fsp3) is 0.538. The molecule has 1 unspecified atom stereocenters. The molecular formula is C13H18BrN. The van der Waals surface area contributed by atoms with Crippen LogP contribution in [0.25, 0.3) is 0 Å². The first kappa shape index (κ1) is 11.2. The molecule has 1 atom stereocenters. The molecule has 0 aromatic heterocycles. The van der Waals surface area contributed by atoms with Crippen LogP contribution in [0.1, 0.15) is 31.7 Å². The molecule has 2 rings (SSSR count). The molecule has 1 saturated heterocycles. The number of piperidine rings is 1. The van der Waals surface area contributed by atoms with Crippen LogP contribution in [0.4, 0.5) is 0 Å². The number of halogens is 1. The van der Waals surface area contributed by atoms with Crippen molar-refractivity contribution in [3.8, 4) is 0 Å². The largest absolute Gasteiger partial charge is 0.311 e. The summed E-state index contributed by atoms with van der Waals surface area (Å²) in [6.45, 7) is 3.51. The number of nitrogens with one attached hydrogen (secondary N) is 1. The van der Waals surface area contributed by atoms with Gasteiger partial charge in [0.15, 0.2) is 0 Å². The molecule has 1 aliphatic rings. The molecule has 1 N–H and O–H groups in total. The van der Waals surface area contributed by atoms with Crippen molar-refractivity contribution in [1.82, 2.24) is 5.32 Å². The predicted octanol–water partition coefficient (Wildman–Crippen LogP) is 3.52. The minimum Gasteiger partial charge on any atom is -0.311 e. The molecular weight excluding hydrogens is 250 g/mol. The Morgan fingerprint density at radius 1 is 1.40 bits per heavy atom. The zero-order chi connectivity index (χ0) is 10.7. The van der Waals surface area contributed by atoms with Gasteiger partial charge >= 0.3 is 0 Å². The van der Waals surface area contributed by atoms with Crippen molar-refractivity contribution in [2.45, 2.75) is 38.1 Å². The highest BCUT2D eigenvalue weighted by molar-refractivity contribution is 9.10. The van der Waals surface area contributed by atoms with E-state index < -0.39 is 0 Å². The van der Waals surface area contributed by atoms with Crippen LogP contribution < -0.4 is 5.32 Å². The van der Waals surface area contributed by atoms with Gasteiger partial charge in [-0.1, -0.05) is 34.5 Å². The number of hydrogen-bond donors (Lipinski definition) is 1. The smallest absolute Gasteiger partial charge is 0.0193 e. The summed E-state index contributed by atoms with van der Waals surface area (Å²) in [4.78, 5) is 0. The standard InChI is InChI=1S/C13H18BrN/c1-13(7-2-3-8-15-13)10-11-5-4-6-12(14)9-11/h4-6,9,15H,2-3,7-8,10H2,1H3. The molecule has 1 heterocycles. The third-order valence-electron chi connectivity index (χ3n) is 3.19. The molecule has 1 aromatic carbocycles. The van der Waals surface area contributed by atoms with Gasteiger partial charge in [-0.2, -0.15) is 0 Å². The molecule has 0 radical (unpaired) electrons. The van der Waals surface area contributed by atoms with Gasteiger partial charge in [0.05, 0.1) is 0 Å². The van der Waals surface area contributed by atoms with Gasteiger partial charge in [-0.3, -0.25) is 0 Å². The predicted molar refractivity (Wildman–Crippen MR) is 68.1 cm³/mol. The van der Waals surface area contributed by atoms with Crippen LogP contribution in [0.2, 0.25) is 0 Å². The van der Waals surface area contributed by atoms with Crippen LogP contribution >= 0.6 is 15.9 Å². The van der Waals surface area contributed by atoms with Gasteiger partial charge in [0.25, 0.3) is 0 Å². The van der Waals surface area contributed by atoms with E-state index in [0.29, 0.717) is 5.54 Å². The Balaban J connectivity index is 2.06. The lowest BCUT2D eigenvalue weighted by Crippen LogP contribution is -2.47. The van der Waals surface area contributed by atoms with Crippen molar-refractivity contribution in [3.05, 3.63) is 34.3 Å². The third kappa shape index (κ3) is 3.05. The van der Waals surface area contributed by atoms with E-state index in [-0.39, 0.29) is 0 Å². The first-order valence-corrected chi connectivity index (χ1v) is 6.47. The second-order valence-electron chi connectivity index (χ2n) is 4.75. The Kier molecular flexibility index (Phi) is 3.47. The van der Waals surface area contributed by atoms with Gasteiger partial charge in [-0.15, -0.1) is 0 Å². The Morgan fingerprint density at radius 2 is 2.27 bits per heavy atom. The summed E-state index contributed by atoms with van der Waals surface area (Å²) < 4.78 is 1.18. The Labute approximate surface area is 100 Å². The van der Waals surface area contributed by atoms with E-state index in [1.165, 1.54) is 35.8 Å². The second-order valence-corrected chi connectivity index (χ2v) is 5.67. The third-order valence-corrected chi connectivity index (χ3v) is 3.68. The SMILES string of the molecule is CC1(Cc2cccc(Br)c2)CCCCN1. The molecule has 0 saturated carbocycles. The highest BCUT2D eigenvalue weighted by Gasteiger charge is 2.26. The Hall–Kier alpha value is -0.340. The lowest BCUT2D eigenvalue weighted by molar-refractivity contribution is 0.276. The normalized spacial score (nSPS) is 26.5. The minimum atomic E-state index is 0.305. The van der Waals surface area contributed by atoms with Crippen LogP contribution in [0.3, 0.4) is 0 Å². The maximum absolute atomic E-state index is 3.65. The van der Waals surface area contributed by atoms with Crippen LogP contribution in [0, 0.1) is 0 Å². The lowest BCUT2D eigenvalue weighted by atomic mass is 9.85. The summed E-state index contributed by atoms with van der Waals surface area (Å²) in [5, 5.41) is 3.65. The van der Waals surface area contributed by atoms with E-state index in [1.54, 1.807) is 0 Å². The monoisotopic (exact) mass is 267 g/mol. The van der Waals surface area contributed by atoms with Gasteiger partial charge in [0.1, 0.15) is 0 Å². The minimum absolute atomic E-state index is 0.305. The summed E-state index contributed by atoms with van der Waals surface area (Å²) in [7, 11) is 0. The van der Waals surface area contributed by atoms with Crippen molar-refractivity contribution in [2.24, 2.45) is 0 Å². The molecule has 0 aliphatic carbocycles. The number of rotatable bonds is 2. The van der Waals surface area contributed by atoms with E-state index in [1.807, 2.05) is 0 Å². The first-order valence-electron chi connectivity index (χ1n) is 5.67. The molecule has 0 spiro atoms. The van der Waals surface area contributed by atoms with Crippen LogP contribution in [-0.2, 0) is 6.42 Å². The van der Waals surface area contributed by atoms with Crippen LogP contribution in [0.5, 0.6) is 0 Å². The molecule has 1 nitrogen and oxygen atoms in total. The zero-order valence-corrected chi connectivity index (χ0v) is 10.8. The van der Waals surface area contributed by atoms with Gasteiger partial charge in [0, 0.05) is 10.0 Å². The van der Waals surface area contributed by atoms with Crippen LogP contribution in [-0.4, -0.2) is 12.1 Å². The van der Waals surface area contributed by atoms with Crippen molar-refractivity contribution < 1.29 is 0 Å². The van der Waals surface area contributed by atoms with Crippen molar-refractivity contribution in [3.63, 3.8) is 0 Å². The van der Waals surface area contributed by atoms with E-state index >= 15 is 0 Å². The fourth-order valence-electron chi connectivity index (χ4n) is 2.37. The highest BCUT2D eigenvalue weighted by atomic mass is 79.9. The van der Waals surface area contributed by atoms with Crippen LogP contribution in [0.15, 0.2) is 28.7 Å². The summed E-state index contributed by atoms with van der Waals surface area (Å²) >= 11 is 3.52. The van der Waals surface area contributed by atoms with Gasteiger partial charge in [0.2, 0.25) is 0 Å². The van der Waals surface area contributed by atoms with Gasteiger partial charge in [-0.25, -0.2) is 0 Å². The summed E-state index contributed by atoms with van der Waals surface area (Å²) in [6.07, 6.45) is 5.11. The highest BCUT2D eigenvalue weighted by Crippen LogP contribution is 2.24. The lowest BCUT2D eigenvalue weighted by Gasteiger charge is -2.35. The Morgan fingerprint density at radius 3 is 2.93 bits per heavy atom. The fourth-order valence-corrected chi connectivity index (χ4v) is 2.81. The topological polar surface area (TPSA) is 12.0 Å². The molecule has 1 fully saturated rings. The maximum Gasteiger partial charge on any atom is 0.0193 e. The molecule has 15 heavy (non-hydrogen) atoms. The number of benzene rings is 1. The van der Waals surface area contributed by atoms with E-state index in [2.05, 4.69) is 52.4 Å². The molecule has 0 bridgehead atoms. The molecule has 2 heteroatoms. The molecule has 0 amide bonds. The summed E-state index contributed by atoms with van der Waals surface area (Å²) in [5.74, 6) is 0. The summed E-state index contributed by atoms with van der Waals surface area (Å²) in [6, 6.07) is 8.64. The molecule has 82 valence electrons. The van der Waals surface area contributed by atoms with Crippen molar-refractivity contribution >= 4 is 15.9 Å². The molecule has 1 aliphatic heterocycles. The molecule has 1 aromatic rings. The van der Waals surface area contributed by atoms with E-state index in [4.69, 9.17) is 0 Å². The maximum atomic E-state index is 3.65. The van der Waals surface area contributed by atoms with E-state index in [9.17, 15) is 0 Å². The average Bonchev–Trinajstić information content (AvgIpc) is 2.18. The Bertz CT molecular complexity index is 329. The first-order chi connectivity index (χ1) is 7.18. The van der Waals surface area contributed by atoms with Crippen molar-refractivity contribution in [2.75, 3.05) is 6.54 Å². The quantitative estimate of drug-likeness (QED) is 0.865. The van der Waals surface area contributed by atoms with Crippen molar-refractivity contribution in [1.29, 1.82) is 0 Å². The average molecular weight is 268 g/mol.